The molecule has 0 saturated carbocycles. The van der Waals surface area contributed by atoms with Gasteiger partial charge in [-0.2, -0.15) is 0 Å². The number of nitrogens with one attached hydrogen (secondary N) is 1. The maximum atomic E-state index is 11.7. The molecule has 0 radical (unpaired) electrons. The van der Waals surface area contributed by atoms with Crippen LogP contribution in [0.25, 0.3) is 0 Å². The molecular formula is C12H13NO4. The second kappa shape index (κ2) is 5.79. The number of rotatable bonds is 5. The Morgan fingerprint density at radius 3 is 2.29 bits per heavy atom. The topological polar surface area (TPSA) is 83.5 Å². The number of aliphatic carboxylic acids is 1. The van der Waals surface area contributed by atoms with Gasteiger partial charge in [0, 0.05) is 13.3 Å². The van der Waals surface area contributed by atoms with Gasteiger partial charge in [0.15, 0.2) is 11.8 Å². The van der Waals surface area contributed by atoms with Gasteiger partial charge in [0.05, 0.1) is 0 Å². The standard InChI is InChI=1S/C12H13NO4/c1-8(14)13-11(12(16)17)10(15)7-9-5-3-2-4-6-9/h2-6,11H,7H2,1H3,(H,13,14)(H,16,17)/t11-/m1/s1. The number of carbonyl (C=O) groups is 3. The third-order valence-corrected chi connectivity index (χ3v) is 2.14. The smallest absolute Gasteiger partial charge is 0.334 e. The van der Waals surface area contributed by atoms with Crippen molar-refractivity contribution in [1.82, 2.24) is 5.32 Å². The largest absolute Gasteiger partial charge is 0.479 e. The van der Waals surface area contributed by atoms with Gasteiger partial charge in [0.25, 0.3) is 0 Å². The Morgan fingerprint density at radius 2 is 1.82 bits per heavy atom. The van der Waals surface area contributed by atoms with Gasteiger partial charge in [-0.25, -0.2) is 4.79 Å². The molecule has 0 aliphatic carbocycles. The Hall–Kier alpha value is -2.17. The van der Waals surface area contributed by atoms with Crippen molar-refractivity contribution < 1.29 is 19.5 Å². The van der Waals surface area contributed by atoms with Gasteiger partial charge in [0.1, 0.15) is 0 Å². The summed E-state index contributed by atoms with van der Waals surface area (Å²) in [4.78, 5) is 33.3. The molecule has 1 aromatic carbocycles. The van der Waals surface area contributed by atoms with E-state index in [1.165, 1.54) is 6.92 Å². The highest BCUT2D eigenvalue weighted by Gasteiger charge is 2.26. The predicted molar refractivity (Wildman–Crippen MR) is 60.4 cm³/mol. The lowest BCUT2D eigenvalue weighted by molar-refractivity contribution is -0.145. The van der Waals surface area contributed by atoms with Gasteiger partial charge < -0.3 is 10.4 Å². The van der Waals surface area contributed by atoms with E-state index in [-0.39, 0.29) is 6.42 Å². The van der Waals surface area contributed by atoms with Crippen molar-refractivity contribution in [2.24, 2.45) is 0 Å². The van der Waals surface area contributed by atoms with E-state index in [9.17, 15) is 14.4 Å². The highest BCUT2D eigenvalue weighted by Crippen LogP contribution is 2.02. The minimum absolute atomic E-state index is 0.0158. The Kier molecular flexibility index (Phi) is 4.39. The molecule has 0 aliphatic rings. The minimum atomic E-state index is -1.48. The van der Waals surface area contributed by atoms with Crippen molar-refractivity contribution in [3.63, 3.8) is 0 Å². The molecule has 0 unspecified atom stereocenters. The highest BCUT2D eigenvalue weighted by atomic mass is 16.4. The summed E-state index contributed by atoms with van der Waals surface area (Å²) in [6.07, 6.45) is -0.0158. The van der Waals surface area contributed by atoms with E-state index in [1.54, 1.807) is 30.3 Å². The molecule has 1 atom stereocenters. The Morgan fingerprint density at radius 1 is 1.24 bits per heavy atom. The number of hydrogen-bond donors (Lipinski definition) is 2. The molecule has 0 heterocycles. The summed E-state index contributed by atoms with van der Waals surface area (Å²) < 4.78 is 0. The molecule has 1 aromatic rings. The van der Waals surface area contributed by atoms with Gasteiger partial charge in [-0.1, -0.05) is 30.3 Å². The number of Topliss-reactive ketones (excluding diaryl/α,β-unsaturated/α-hetero) is 1. The van der Waals surface area contributed by atoms with E-state index in [1.807, 2.05) is 0 Å². The van der Waals surface area contributed by atoms with Crippen molar-refractivity contribution >= 4 is 17.7 Å². The van der Waals surface area contributed by atoms with E-state index in [0.717, 1.165) is 0 Å². The minimum Gasteiger partial charge on any atom is -0.479 e. The molecule has 0 bridgehead atoms. The fraction of sp³-hybridized carbons (Fsp3) is 0.250. The zero-order valence-corrected chi connectivity index (χ0v) is 9.34. The summed E-state index contributed by atoms with van der Waals surface area (Å²) >= 11 is 0. The van der Waals surface area contributed by atoms with Crippen LogP contribution in [0.1, 0.15) is 12.5 Å². The lowest BCUT2D eigenvalue weighted by atomic mass is 10.0. The summed E-state index contributed by atoms with van der Waals surface area (Å²) in [5, 5.41) is 10.9. The average molecular weight is 235 g/mol. The second-order valence-corrected chi connectivity index (χ2v) is 3.60. The third-order valence-electron chi connectivity index (χ3n) is 2.14. The number of carboxylic acid groups (broad SMARTS) is 1. The van der Waals surface area contributed by atoms with Crippen LogP contribution in [0.4, 0.5) is 0 Å². The van der Waals surface area contributed by atoms with Crippen LogP contribution < -0.4 is 5.32 Å². The summed E-state index contributed by atoms with van der Waals surface area (Å²) in [5.74, 6) is -2.43. The van der Waals surface area contributed by atoms with E-state index < -0.39 is 23.7 Å². The van der Waals surface area contributed by atoms with Crippen molar-refractivity contribution in [2.45, 2.75) is 19.4 Å². The van der Waals surface area contributed by atoms with Crippen LogP contribution in [0, 0.1) is 0 Å². The van der Waals surface area contributed by atoms with E-state index in [0.29, 0.717) is 5.56 Å². The molecular weight excluding hydrogens is 222 g/mol. The van der Waals surface area contributed by atoms with Crippen LogP contribution in [0.2, 0.25) is 0 Å². The Balaban J connectivity index is 2.72. The molecule has 90 valence electrons. The molecule has 2 N–H and O–H groups in total. The summed E-state index contributed by atoms with van der Waals surface area (Å²) in [5.41, 5.74) is 0.717. The number of carboxylic acids is 1. The van der Waals surface area contributed by atoms with Crippen LogP contribution in [0.3, 0.4) is 0 Å². The van der Waals surface area contributed by atoms with Gasteiger partial charge in [-0.05, 0) is 5.56 Å². The molecule has 5 nitrogen and oxygen atoms in total. The van der Waals surface area contributed by atoms with Gasteiger partial charge >= 0.3 is 5.97 Å². The highest BCUT2D eigenvalue weighted by molar-refractivity contribution is 6.05. The molecule has 1 rings (SSSR count). The van der Waals surface area contributed by atoms with Crippen molar-refractivity contribution in [2.75, 3.05) is 0 Å². The molecule has 0 aromatic heterocycles. The first kappa shape index (κ1) is 12.9. The number of benzene rings is 1. The molecule has 0 saturated heterocycles. The zero-order chi connectivity index (χ0) is 12.8. The summed E-state index contributed by atoms with van der Waals surface area (Å²) in [6, 6.07) is 7.30. The van der Waals surface area contributed by atoms with Crippen LogP contribution in [0.5, 0.6) is 0 Å². The van der Waals surface area contributed by atoms with Crippen molar-refractivity contribution in [3.8, 4) is 0 Å². The third kappa shape index (κ3) is 4.06. The molecule has 0 fully saturated rings. The second-order valence-electron chi connectivity index (χ2n) is 3.60. The SMILES string of the molecule is CC(=O)N[C@@H](C(=O)O)C(=O)Cc1ccccc1. The van der Waals surface area contributed by atoms with Crippen LogP contribution >= 0.6 is 0 Å². The lowest BCUT2D eigenvalue weighted by Gasteiger charge is -2.11. The predicted octanol–water partition coefficient (Wildman–Crippen LogP) is 0.387. The van der Waals surface area contributed by atoms with E-state index in [2.05, 4.69) is 5.32 Å². The lowest BCUT2D eigenvalue weighted by Crippen LogP contribution is -2.46. The fourth-order valence-corrected chi connectivity index (χ4v) is 1.38. The van der Waals surface area contributed by atoms with Crippen LogP contribution in [-0.2, 0) is 20.8 Å². The molecule has 0 aliphatic heterocycles. The first-order valence-electron chi connectivity index (χ1n) is 5.07. The molecule has 1 amide bonds. The fourth-order valence-electron chi connectivity index (χ4n) is 1.38. The summed E-state index contributed by atoms with van der Waals surface area (Å²) in [6.45, 7) is 1.17. The van der Waals surface area contributed by atoms with Gasteiger partial charge in [-0.15, -0.1) is 0 Å². The first-order valence-corrected chi connectivity index (χ1v) is 5.07. The summed E-state index contributed by atoms with van der Waals surface area (Å²) in [7, 11) is 0. The van der Waals surface area contributed by atoms with Gasteiger partial charge in [0.2, 0.25) is 5.91 Å². The van der Waals surface area contributed by atoms with Gasteiger partial charge in [-0.3, -0.25) is 9.59 Å². The number of carbonyl (C=O) groups excluding carboxylic acids is 2. The number of ketones is 1. The van der Waals surface area contributed by atoms with Crippen molar-refractivity contribution in [1.29, 1.82) is 0 Å². The average Bonchev–Trinajstić information content (AvgIpc) is 2.26. The zero-order valence-electron chi connectivity index (χ0n) is 9.34. The van der Waals surface area contributed by atoms with Crippen LogP contribution in [-0.4, -0.2) is 28.8 Å². The molecule has 17 heavy (non-hydrogen) atoms. The van der Waals surface area contributed by atoms with E-state index >= 15 is 0 Å². The van der Waals surface area contributed by atoms with E-state index in [4.69, 9.17) is 5.11 Å². The first-order chi connectivity index (χ1) is 8.00. The quantitative estimate of drug-likeness (QED) is 0.723. The Bertz CT molecular complexity index is 427. The van der Waals surface area contributed by atoms with Crippen molar-refractivity contribution in [3.05, 3.63) is 35.9 Å². The Labute approximate surface area is 98.4 Å². The monoisotopic (exact) mass is 235 g/mol. The maximum Gasteiger partial charge on any atom is 0.334 e. The number of amides is 1. The molecule has 5 heteroatoms. The normalized spacial score (nSPS) is 11.6. The molecule has 0 spiro atoms. The number of hydrogen-bond acceptors (Lipinski definition) is 3. The maximum absolute atomic E-state index is 11.7. The van der Waals surface area contributed by atoms with Crippen LogP contribution in [0.15, 0.2) is 30.3 Å².